The molecular weight excluding hydrogens is 331 g/mol. The van der Waals surface area contributed by atoms with Crippen LogP contribution in [0.2, 0.25) is 0 Å². The van der Waals surface area contributed by atoms with E-state index in [1.807, 2.05) is 0 Å². The Morgan fingerprint density at radius 3 is 2.75 bits per heavy atom. The molecule has 0 N–H and O–H groups in total. The van der Waals surface area contributed by atoms with Gasteiger partial charge in [0.05, 0.1) is 0 Å². The first-order valence-corrected chi connectivity index (χ1v) is 7.48. The molecule has 1 unspecified atom stereocenters. The minimum atomic E-state index is 0. The van der Waals surface area contributed by atoms with Crippen LogP contribution in [0, 0.1) is 18.4 Å². The van der Waals surface area contributed by atoms with Gasteiger partial charge in [0.15, 0.2) is 0 Å². The van der Waals surface area contributed by atoms with E-state index in [-0.39, 0.29) is 19.5 Å². The second kappa shape index (κ2) is 6.12. The number of benzene rings is 1. The van der Waals surface area contributed by atoms with Crippen molar-refractivity contribution in [2.24, 2.45) is 5.41 Å². The SMILES string of the molecule is CC1=CC2(CCCN(C)CC2)Cc2ccc(C)[c-]c21.[Ru+]. The van der Waals surface area contributed by atoms with Crippen molar-refractivity contribution in [3.8, 4) is 0 Å². The molecule has 2 heteroatoms. The third-order valence-electron chi connectivity index (χ3n) is 4.84. The molecule has 109 valence electrons. The second-order valence-electron chi connectivity index (χ2n) is 6.56. The Morgan fingerprint density at radius 1 is 1.15 bits per heavy atom. The predicted molar refractivity (Wildman–Crippen MR) is 81.2 cm³/mol. The van der Waals surface area contributed by atoms with Crippen LogP contribution in [0.4, 0.5) is 0 Å². The quantitative estimate of drug-likeness (QED) is 0.505. The monoisotopic (exact) mass is 356 g/mol. The molecule has 20 heavy (non-hydrogen) atoms. The molecule has 3 rings (SSSR count). The molecule has 0 amide bonds. The maximum Gasteiger partial charge on any atom is 1.00 e. The zero-order valence-electron chi connectivity index (χ0n) is 12.8. The Hall–Kier alpha value is -0.457. The molecule has 1 radical (unpaired) electrons. The molecule has 0 bridgehead atoms. The van der Waals surface area contributed by atoms with Crippen molar-refractivity contribution in [2.45, 2.75) is 39.5 Å². The first-order valence-electron chi connectivity index (χ1n) is 7.48. The summed E-state index contributed by atoms with van der Waals surface area (Å²) in [7, 11) is 2.25. The molecular formula is C18H24NRu. The Kier molecular flexibility index (Phi) is 4.87. The van der Waals surface area contributed by atoms with Crippen LogP contribution in [-0.2, 0) is 25.9 Å². The maximum atomic E-state index is 3.55. The number of rotatable bonds is 0. The number of aryl methyl sites for hydroxylation is 1. The molecule has 1 heterocycles. The molecule has 1 aromatic carbocycles. The molecule has 1 nitrogen and oxygen atoms in total. The molecule has 1 atom stereocenters. The number of likely N-dealkylation sites (tertiary alicyclic amines) is 1. The van der Waals surface area contributed by atoms with Crippen LogP contribution in [0.1, 0.15) is 42.9 Å². The van der Waals surface area contributed by atoms with Crippen molar-refractivity contribution in [3.63, 3.8) is 0 Å². The Labute approximate surface area is 136 Å². The summed E-state index contributed by atoms with van der Waals surface area (Å²) in [6.45, 7) is 6.89. The molecule has 1 aromatic rings. The number of fused-ring (bicyclic) bond motifs is 1. The standard InChI is InChI=1S/C18H24N.Ru/c1-14-5-6-16-13-18(12-15(2)17(16)11-14)7-4-9-19(3)10-8-18;/h5-6,12H,4,7-10,13H2,1-3H3;/q-1;+1. The van der Waals surface area contributed by atoms with Gasteiger partial charge in [0.1, 0.15) is 0 Å². The molecule has 1 fully saturated rings. The summed E-state index contributed by atoms with van der Waals surface area (Å²) in [6.07, 6.45) is 7.73. The van der Waals surface area contributed by atoms with E-state index < -0.39 is 0 Å². The molecule has 1 aliphatic heterocycles. The van der Waals surface area contributed by atoms with Gasteiger partial charge in [-0.3, -0.25) is 0 Å². The summed E-state index contributed by atoms with van der Waals surface area (Å²) in [6, 6.07) is 8.09. The van der Waals surface area contributed by atoms with Crippen LogP contribution in [0.25, 0.3) is 5.57 Å². The molecule has 0 saturated carbocycles. The molecule has 0 aromatic heterocycles. The maximum absolute atomic E-state index is 3.55. The van der Waals surface area contributed by atoms with E-state index in [9.17, 15) is 0 Å². The van der Waals surface area contributed by atoms with Crippen LogP contribution < -0.4 is 0 Å². The van der Waals surface area contributed by atoms with Gasteiger partial charge in [0.25, 0.3) is 0 Å². The summed E-state index contributed by atoms with van der Waals surface area (Å²) >= 11 is 0. The van der Waals surface area contributed by atoms with Gasteiger partial charge in [-0.25, -0.2) is 0 Å². The molecule has 1 aliphatic carbocycles. The van der Waals surface area contributed by atoms with E-state index >= 15 is 0 Å². The van der Waals surface area contributed by atoms with Crippen LogP contribution in [0.5, 0.6) is 0 Å². The number of hydrogen-bond donors (Lipinski definition) is 0. The summed E-state index contributed by atoms with van der Waals surface area (Å²) in [5.74, 6) is 0. The number of allylic oxidation sites excluding steroid dienone is 2. The number of nitrogens with zero attached hydrogens (tertiary/aromatic N) is 1. The smallest absolute Gasteiger partial charge is 0.306 e. The van der Waals surface area contributed by atoms with Gasteiger partial charge in [0.2, 0.25) is 0 Å². The van der Waals surface area contributed by atoms with E-state index in [2.05, 4.69) is 50.1 Å². The largest absolute Gasteiger partial charge is 1.00 e. The summed E-state index contributed by atoms with van der Waals surface area (Å²) in [5, 5.41) is 0. The van der Waals surface area contributed by atoms with Crippen molar-refractivity contribution in [3.05, 3.63) is 41.0 Å². The van der Waals surface area contributed by atoms with Gasteiger partial charge in [0, 0.05) is 0 Å². The topological polar surface area (TPSA) is 3.24 Å². The van der Waals surface area contributed by atoms with E-state index in [0.717, 1.165) is 0 Å². The fourth-order valence-electron chi connectivity index (χ4n) is 3.76. The summed E-state index contributed by atoms with van der Waals surface area (Å²) < 4.78 is 0. The normalized spacial score (nSPS) is 26.4. The van der Waals surface area contributed by atoms with E-state index in [1.165, 1.54) is 61.0 Å². The predicted octanol–water partition coefficient (Wildman–Crippen LogP) is 3.85. The summed E-state index contributed by atoms with van der Waals surface area (Å²) in [5.41, 5.74) is 5.97. The molecule has 2 aliphatic rings. The zero-order valence-corrected chi connectivity index (χ0v) is 14.5. The third kappa shape index (κ3) is 3.07. The average molecular weight is 355 g/mol. The Morgan fingerprint density at radius 2 is 1.95 bits per heavy atom. The van der Waals surface area contributed by atoms with Gasteiger partial charge >= 0.3 is 19.5 Å². The van der Waals surface area contributed by atoms with Gasteiger partial charge in [-0.15, -0.1) is 46.5 Å². The zero-order chi connectivity index (χ0) is 13.5. The molecule has 1 spiro atoms. The fraction of sp³-hybridized carbons (Fsp3) is 0.556. The minimum Gasteiger partial charge on any atom is -0.306 e. The van der Waals surface area contributed by atoms with Crippen molar-refractivity contribution in [2.75, 3.05) is 20.1 Å². The van der Waals surface area contributed by atoms with E-state index in [4.69, 9.17) is 0 Å². The van der Waals surface area contributed by atoms with Crippen LogP contribution >= 0.6 is 0 Å². The van der Waals surface area contributed by atoms with Crippen molar-refractivity contribution >= 4 is 5.57 Å². The van der Waals surface area contributed by atoms with Gasteiger partial charge in [-0.05, 0) is 44.8 Å². The van der Waals surface area contributed by atoms with E-state index in [1.54, 1.807) is 0 Å². The minimum absolute atomic E-state index is 0. The van der Waals surface area contributed by atoms with E-state index in [0.29, 0.717) is 5.41 Å². The van der Waals surface area contributed by atoms with Gasteiger partial charge < -0.3 is 4.90 Å². The Balaban J connectivity index is 0.00000147. The van der Waals surface area contributed by atoms with Crippen molar-refractivity contribution in [1.29, 1.82) is 0 Å². The first-order chi connectivity index (χ1) is 9.08. The first kappa shape index (κ1) is 15.9. The van der Waals surface area contributed by atoms with Crippen LogP contribution in [-0.4, -0.2) is 25.0 Å². The fourth-order valence-corrected chi connectivity index (χ4v) is 3.76. The molecule has 1 saturated heterocycles. The average Bonchev–Trinajstić information content (AvgIpc) is 2.54. The van der Waals surface area contributed by atoms with Gasteiger partial charge in [-0.1, -0.05) is 20.3 Å². The van der Waals surface area contributed by atoms with Crippen molar-refractivity contribution in [1.82, 2.24) is 4.90 Å². The second-order valence-corrected chi connectivity index (χ2v) is 6.56. The van der Waals surface area contributed by atoms with Crippen LogP contribution in [0.3, 0.4) is 0 Å². The van der Waals surface area contributed by atoms with Gasteiger partial charge in [-0.2, -0.15) is 0 Å². The van der Waals surface area contributed by atoms with Crippen LogP contribution in [0.15, 0.2) is 18.2 Å². The Bertz CT molecular complexity index is 520. The summed E-state index contributed by atoms with van der Waals surface area (Å²) in [4.78, 5) is 2.48. The number of hydrogen-bond acceptors (Lipinski definition) is 1. The van der Waals surface area contributed by atoms with Crippen molar-refractivity contribution < 1.29 is 19.5 Å². The third-order valence-corrected chi connectivity index (χ3v) is 4.84.